The summed E-state index contributed by atoms with van der Waals surface area (Å²) < 4.78 is 7.20. The predicted octanol–water partition coefficient (Wildman–Crippen LogP) is 1.34. The van der Waals surface area contributed by atoms with E-state index in [2.05, 4.69) is 14.9 Å². The number of piperazine rings is 1. The molecule has 0 bridgehead atoms. The largest absolute Gasteiger partial charge is 0.468 e. The van der Waals surface area contributed by atoms with Crippen LogP contribution in [0.3, 0.4) is 0 Å². The van der Waals surface area contributed by atoms with Gasteiger partial charge in [0, 0.05) is 44.7 Å². The second-order valence-corrected chi connectivity index (χ2v) is 6.80. The maximum atomic E-state index is 13.2. The van der Waals surface area contributed by atoms with Crippen LogP contribution >= 0.6 is 0 Å². The average Bonchev–Trinajstić information content (AvgIpc) is 3.29. The van der Waals surface area contributed by atoms with Crippen LogP contribution in [0.1, 0.15) is 28.4 Å². The van der Waals surface area contributed by atoms with Gasteiger partial charge in [-0.1, -0.05) is 0 Å². The molecule has 0 aromatic carbocycles. The molecule has 8 heteroatoms. The van der Waals surface area contributed by atoms with Crippen LogP contribution in [0.2, 0.25) is 0 Å². The number of aliphatic hydroxyl groups is 1. The second-order valence-electron chi connectivity index (χ2n) is 6.80. The quantitative estimate of drug-likeness (QED) is 0.730. The molecule has 0 radical (unpaired) electrons. The smallest absolute Gasteiger partial charge is 0.272 e. The second kappa shape index (κ2) is 7.50. The number of aromatic nitrogens is 3. The summed E-state index contributed by atoms with van der Waals surface area (Å²) >= 11 is 0. The van der Waals surface area contributed by atoms with Crippen molar-refractivity contribution in [3.05, 3.63) is 54.0 Å². The molecule has 8 nitrogen and oxygen atoms in total. The molecule has 1 aliphatic rings. The van der Waals surface area contributed by atoms with E-state index in [1.807, 2.05) is 30.2 Å². The Morgan fingerprint density at radius 1 is 1.37 bits per heavy atom. The lowest BCUT2D eigenvalue weighted by Gasteiger charge is -2.41. The summed E-state index contributed by atoms with van der Waals surface area (Å²) in [5, 5.41) is 9.48. The molecule has 4 heterocycles. The number of amides is 1. The van der Waals surface area contributed by atoms with Gasteiger partial charge in [-0.15, -0.1) is 0 Å². The molecule has 1 aliphatic heterocycles. The lowest BCUT2D eigenvalue weighted by molar-refractivity contribution is 0.0367. The zero-order chi connectivity index (χ0) is 18.8. The number of carbonyl (C=O) groups is 1. The molecule has 4 rings (SSSR count). The summed E-state index contributed by atoms with van der Waals surface area (Å²) in [6.45, 7) is 4.50. The number of carbonyl (C=O) groups excluding carboxylic acids is 1. The van der Waals surface area contributed by atoms with Crippen molar-refractivity contribution in [2.24, 2.45) is 0 Å². The van der Waals surface area contributed by atoms with Gasteiger partial charge in [0.2, 0.25) is 5.78 Å². The Hall–Kier alpha value is -2.71. The summed E-state index contributed by atoms with van der Waals surface area (Å²) in [7, 11) is 0. The van der Waals surface area contributed by atoms with Crippen LogP contribution in [0.15, 0.2) is 41.3 Å². The van der Waals surface area contributed by atoms with Crippen molar-refractivity contribution in [2.75, 3.05) is 26.2 Å². The fraction of sp³-hybridized carbons (Fsp3) is 0.421. The maximum Gasteiger partial charge on any atom is 0.272 e. The average molecular weight is 369 g/mol. The first-order valence-electron chi connectivity index (χ1n) is 9.13. The minimum absolute atomic E-state index is 0.0476. The standard InChI is InChI=1S/C19H23N5O3/c1-14-17(24-7-3-6-20-19(24)21-14)18(26)23-9-8-22(15(12-23)5-10-25)13-16-4-2-11-27-16/h2-4,6-7,11,15,25H,5,8-10,12-13H2,1H3. The number of aliphatic hydroxyl groups excluding tert-OH is 1. The van der Waals surface area contributed by atoms with Crippen LogP contribution in [0.5, 0.6) is 0 Å². The van der Waals surface area contributed by atoms with E-state index in [4.69, 9.17) is 4.42 Å². The summed E-state index contributed by atoms with van der Waals surface area (Å²) in [4.78, 5) is 25.9. The third-order valence-corrected chi connectivity index (χ3v) is 5.07. The topological polar surface area (TPSA) is 87.1 Å². The molecule has 1 atom stereocenters. The first-order valence-corrected chi connectivity index (χ1v) is 9.13. The van der Waals surface area contributed by atoms with Gasteiger partial charge in [-0.2, -0.15) is 0 Å². The van der Waals surface area contributed by atoms with E-state index in [-0.39, 0.29) is 18.6 Å². The highest BCUT2D eigenvalue weighted by molar-refractivity contribution is 5.94. The monoisotopic (exact) mass is 369 g/mol. The molecule has 0 spiro atoms. The number of furan rings is 1. The van der Waals surface area contributed by atoms with Gasteiger partial charge in [-0.3, -0.25) is 14.1 Å². The van der Waals surface area contributed by atoms with Gasteiger partial charge in [0.1, 0.15) is 11.5 Å². The van der Waals surface area contributed by atoms with Crippen LogP contribution < -0.4 is 0 Å². The van der Waals surface area contributed by atoms with Crippen molar-refractivity contribution in [1.29, 1.82) is 0 Å². The minimum Gasteiger partial charge on any atom is -0.468 e. The van der Waals surface area contributed by atoms with Gasteiger partial charge in [0.25, 0.3) is 5.91 Å². The molecule has 0 saturated carbocycles. The van der Waals surface area contributed by atoms with Crippen LogP contribution in [-0.4, -0.2) is 67.5 Å². The minimum atomic E-state index is -0.0476. The molecule has 1 N–H and O–H groups in total. The Balaban J connectivity index is 1.54. The van der Waals surface area contributed by atoms with Crippen molar-refractivity contribution < 1.29 is 14.3 Å². The fourth-order valence-electron chi connectivity index (χ4n) is 3.72. The molecule has 1 fully saturated rings. The highest BCUT2D eigenvalue weighted by Gasteiger charge is 2.32. The van der Waals surface area contributed by atoms with Gasteiger partial charge in [0.05, 0.1) is 18.5 Å². The molecule has 0 aliphatic carbocycles. The Morgan fingerprint density at radius 3 is 3.04 bits per heavy atom. The zero-order valence-corrected chi connectivity index (χ0v) is 15.3. The summed E-state index contributed by atoms with van der Waals surface area (Å²) in [5.41, 5.74) is 1.23. The summed E-state index contributed by atoms with van der Waals surface area (Å²) in [6.07, 6.45) is 5.75. The lowest BCUT2D eigenvalue weighted by atomic mass is 10.1. The van der Waals surface area contributed by atoms with Gasteiger partial charge >= 0.3 is 0 Å². The zero-order valence-electron chi connectivity index (χ0n) is 15.3. The number of nitrogens with zero attached hydrogens (tertiary/aromatic N) is 5. The molecule has 27 heavy (non-hydrogen) atoms. The van der Waals surface area contributed by atoms with E-state index in [9.17, 15) is 9.90 Å². The Bertz CT molecular complexity index is 921. The van der Waals surface area contributed by atoms with E-state index < -0.39 is 0 Å². The SMILES string of the molecule is Cc1nc2ncccn2c1C(=O)N1CCN(Cc2ccco2)C(CCO)C1. The number of aryl methyl sites for hydroxylation is 1. The molecule has 1 amide bonds. The molecule has 1 unspecified atom stereocenters. The van der Waals surface area contributed by atoms with E-state index in [1.54, 1.807) is 22.9 Å². The van der Waals surface area contributed by atoms with Crippen LogP contribution in [0.25, 0.3) is 5.78 Å². The van der Waals surface area contributed by atoms with Crippen molar-refractivity contribution in [3.63, 3.8) is 0 Å². The van der Waals surface area contributed by atoms with E-state index in [0.717, 1.165) is 12.3 Å². The number of imidazole rings is 1. The van der Waals surface area contributed by atoms with E-state index in [0.29, 0.717) is 43.2 Å². The van der Waals surface area contributed by atoms with Crippen molar-refractivity contribution in [2.45, 2.75) is 25.9 Å². The van der Waals surface area contributed by atoms with Gasteiger partial charge in [-0.25, -0.2) is 9.97 Å². The summed E-state index contributed by atoms with van der Waals surface area (Å²) in [5.74, 6) is 1.37. The fourth-order valence-corrected chi connectivity index (χ4v) is 3.72. The number of fused-ring (bicyclic) bond motifs is 1. The molecule has 3 aromatic rings. The molecular weight excluding hydrogens is 346 g/mol. The molecule has 1 saturated heterocycles. The van der Waals surface area contributed by atoms with Crippen LogP contribution in [0.4, 0.5) is 0 Å². The van der Waals surface area contributed by atoms with Gasteiger partial charge in [0.15, 0.2) is 0 Å². The number of hydrogen-bond donors (Lipinski definition) is 1. The number of rotatable bonds is 5. The normalized spacial score (nSPS) is 18.3. The predicted molar refractivity (Wildman–Crippen MR) is 98.2 cm³/mol. The summed E-state index contributed by atoms with van der Waals surface area (Å²) in [6, 6.07) is 5.69. The van der Waals surface area contributed by atoms with Crippen molar-refractivity contribution >= 4 is 11.7 Å². The maximum absolute atomic E-state index is 13.2. The Morgan fingerprint density at radius 2 is 2.26 bits per heavy atom. The van der Waals surface area contributed by atoms with Gasteiger partial charge < -0.3 is 14.4 Å². The Kier molecular flexibility index (Phi) is 4.91. The Labute approximate surface area is 157 Å². The molecule has 142 valence electrons. The highest BCUT2D eigenvalue weighted by atomic mass is 16.3. The van der Waals surface area contributed by atoms with Crippen molar-refractivity contribution in [1.82, 2.24) is 24.2 Å². The van der Waals surface area contributed by atoms with Crippen LogP contribution in [-0.2, 0) is 6.54 Å². The highest BCUT2D eigenvalue weighted by Crippen LogP contribution is 2.20. The van der Waals surface area contributed by atoms with Crippen LogP contribution in [0, 0.1) is 6.92 Å². The number of hydrogen-bond acceptors (Lipinski definition) is 6. The molecule has 3 aromatic heterocycles. The third kappa shape index (κ3) is 3.45. The van der Waals surface area contributed by atoms with E-state index >= 15 is 0 Å². The third-order valence-electron chi connectivity index (χ3n) is 5.07. The first-order chi connectivity index (χ1) is 13.2. The van der Waals surface area contributed by atoms with Crippen molar-refractivity contribution in [3.8, 4) is 0 Å². The first kappa shape index (κ1) is 17.7. The lowest BCUT2D eigenvalue weighted by Crippen LogP contribution is -2.54. The van der Waals surface area contributed by atoms with Gasteiger partial charge in [-0.05, 0) is 31.5 Å². The van der Waals surface area contributed by atoms with E-state index in [1.165, 1.54) is 0 Å². The molecular formula is C19H23N5O3.